The summed E-state index contributed by atoms with van der Waals surface area (Å²) in [6, 6.07) is 7.15. The van der Waals surface area contributed by atoms with Crippen molar-refractivity contribution in [1.29, 1.82) is 0 Å². The molecule has 0 aliphatic rings. The van der Waals surface area contributed by atoms with E-state index in [2.05, 4.69) is 5.10 Å². The van der Waals surface area contributed by atoms with E-state index in [1.54, 1.807) is 23.9 Å². The van der Waals surface area contributed by atoms with Gasteiger partial charge in [0, 0.05) is 12.6 Å². The number of halogens is 2. The number of rotatable bonds is 2. The Morgan fingerprint density at radius 2 is 2.00 bits per heavy atom. The molecule has 0 saturated carbocycles. The van der Waals surface area contributed by atoms with Crippen LogP contribution in [0.4, 0.5) is 0 Å². The molecule has 1 aromatic carbocycles. The summed E-state index contributed by atoms with van der Waals surface area (Å²) in [5, 5.41) is 14.4. The highest BCUT2D eigenvalue weighted by molar-refractivity contribution is 6.42. The Kier molecular flexibility index (Phi) is 3.19. The zero-order chi connectivity index (χ0) is 11.7. The summed E-state index contributed by atoms with van der Waals surface area (Å²) in [7, 11) is 1.78. The molecular formula is C11H10Cl2N2O. The Balaban J connectivity index is 2.46. The molecule has 3 nitrogen and oxygen atoms in total. The van der Waals surface area contributed by atoms with E-state index in [9.17, 15) is 0 Å². The van der Waals surface area contributed by atoms with E-state index in [0.29, 0.717) is 10.0 Å². The molecule has 0 aliphatic heterocycles. The largest absolute Gasteiger partial charge is 0.390 e. The lowest BCUT2D eigenvalue weighted by Gasteiger charge is -1.99. The highest BCUT2D eigenvalue weighted by atomic mass is 35.5. The van der Waals surface area contributed by atoms with E-state index >= 15 is 0 Å². The van der Waals surface area contributed by atoms with Crippen LogP contribution < -0.4 is 0 Å². The first-order chi connectivity index (χ1) is 7.61. The fourth-order valence-corrected chi connectivity index (χ4v) is 1.75. The molecule has 0 bridgehead atoms. The molecule has 16 heavy (non-hydrogen) atoms. The van der Waals surface area contributed by atoms with Crippen LogP contribution in [0.2, 0.25) is 10.0 Å². The first-order valence-corrected chi connectivity index (χ1v) is 5.46. The summed E-state index contributed by atoms with van der Waals surface area (Å²) < 4.78 is 1.64. The van der Waals surface area contributed by atoms with Gasteiger partial charge in [-0.05, 0) is 18.2 Å². The van der Waals surface area contributed by atoms with E-state index in [1.165, 1.54) is 0 Å². The number of aromatic nitrogens is 2. The second-order valence-electron chi connectivity index (χ2n) is 3.43. The smallest absolute Gasteiger partial charge is 0.0927 e. The van der Waals surface area contributed by atoms with Gasteiger partial charge in [0.25, 0.3) is 0 Å². The standard InChI is InChI=1S/C11H10Cl2N2O/c1-15-8(6-16)5-11(14-15)7-2-3-9(12)10(13)4-7/h2-5,16H,6H2,1H3. The summed E-state index contributed by atoms with van der Waals surface area (Å²) in [5.41, 5.74) is 2.40. The van der Waals surface area contributed by atoms with E-state index in [1.807, 2.05) is 12.1 Å². The molecule has 1 aromatic heterocycles. The van der Waals surface area contributed by atoms with Crippen molar-refractivity contribution in [2.75, 3.05) is 0 Å². The van der Waals surface area contributed by atoms with E-state index in [0.717, 1.165) is 17.0 Å². The summed E-state index contributed by atoms with van der Waals surface area (Å²) in [4.78, 5) is 0. The fraction of sp³-hybridized carbons (Fsp3) is 0.182. The van der Waals surface area contributed by atoms with Crippen LogP contribution in [0.25, 0.3) is 11.3 Å². The minimum absolute atomic E-state index is 0.0369. The fourth-order valence-electron chi connectivity index (χ4n) is 1.45. The summed E-state index contributed by atoms with van der Waals surface area (Å²) >= 11 is 11.8. The van der Waals surface area contributed by atoms with Crippen molar-refractivity contribution >= 4 is 23.2 Å². The summed E-state index contributed by atoms with van der Waals surface area (Å²) in [5.74, 6) is 0. The third-order valence-corrected chi connectivity index (χ3v) is 3.09. The Labute approximate surface area is 103 Å². The third-order valence-electron chi connectivity index (χ3n) is 2.35. The molecule has 0 atom stereocenters. The van der Waals surface area contributed by atoms with E-state index in [4.69, 9.17) is 28.3 Å². The number of nitrogens with zero attached hydrogens (tertiary/aromatic N) is 2. The molecular weight excluding hydrogens is 247 g/mol. The number of aryl methyl sites for hydroxylation is 1. The second kappa shape index (κ2) is 4.45. The maximum absolute atomic E-state index is 9.07. The maximum atomic E-state index is 9.07. The number of hydrogen-bond acceptors (Lipinski definition) is 2. The molecule has 0 radical (unpaired) electrons. The molecule has 2 aromatic rings. The van der Waals surface area contributed by atoms with Gasteiger partial charge >= 0.3 is 0 Å². The van der Waals surface area contributed by atoms with Crippen molar-refractivity contribution < 1.29 is 5.11 Å². The summed E-state index contributed by atoms with van der Waals surface area (Å²) in [6.45, 7) is -0.0369. The third kappa shape index (κ3) is 2.07. The van der Waals surface area contributed by atoms with Crippen molar-refractivity contribution in [3.8, 4) is 11.3 Å². The maximum Gasteiger partial charge on any atom is 0.0927 e. The molecule has 0 spiro atoms. The zero-order valence-corrected chi connectivity index (χ0v) is 10.1. The van der Waals surface area contributed by atoms with Gasteiger partial charge in [0.15, 0.2) is 0 Å². The molecule has 2 rings (SSSR count). The molecule has 0 saturated heterocycles. The molecule has 5 heteroatoms. The number of hydrogen-bond donors (Lipinski definition) is 1. The number of benzene rings is 1. The second-order valence-corrected chi connectivity index (χ2v) is 4.25. The quantitative estimate of drug-likeness (QED) is 0.898. The van der Waals surface area contributed by atoms with Gasteiger partial charge in [-0.15, -0.1) is 0 Å². The molecule has 1 N–H and O–H groups in total. The average Bonchev–Trinajstić information content (AvgIpc) is 2.64. The van der Waals surface area contributed by atoms with Crippen LogP contribution in [0.3, 0.4) is 0 Å². The van der Waals surface area contributed by atoms with Gasteiger partial charge in [0.05, 0.1) is 28.0 Å². The van der Waals surface area contributed by atoms with E-state index in [-0.39, 0.29) is 6.61 Å². The van der Waals surface area contributed by atoms with Gasteiger partial charge in [-0.2, -0.15) is 5.10 Å². The Morgan fingerprint density at radius 3 is 2.56 bits per heavy atom. The lowest BCUT2D eigenvalue weighted by Crippen LogP contribution is -1.96. The van der Waals surface area contributed by atoms with Gasteiger partial charge in [0.1, 0.15) is 0 Å². The average molecular weight is 257 g/mol. The number of aliphatic hydroxyl groups excluding tert-OH is 1. The highest BCUT2D eigenvalue weighted by Gasteiger charge is 2.08. The first-order valence-electron chi connectivity index (χ1n) is 4.71. The van der Waals surface area contributed by atoms with Crippen molar-refractivity contribution in [2.24, 2.45) is 7.05 Å². The van der Waals surface area contributed by atoms with Gasteiger partial charge in [-0.1, -0.05) is 29.3 Å². The van der Waals surface area contributed by atoms with Crippen LogP contribution in [-0.2, 0) is 13.7 Å². The molecule has 84 valence electrons. The molecule has 0 unspecified atom stereocenters. The van der Waals surface area contributed by atoms with Crippen LogP contribution in [-0.4, -0.2) is 14.9 Å². The van der Waals surface area contributed by atoms with Crippen molar-refractivity contribution in [2.45, 2.75) is 6.61 Å². The number of aliphatic hydroxyl groups is 1. The monoisotopic (exact) mass is 256 g/mol. The van der Waals surface area contributed by atoms with Gasteiger partial charge in [-0.25, -0.2) is 0 Å². The topological polar surface area (TPSA) is 38.0 Å². The van der Waals surface area contributed by atoms with Crippen LogP contribution >= 0.6 is 23.2 Å². The van der Waals surface area contributed by atoms with E-state index < -0.39 is 0 Å². The first kappa shape index (κ1) is 11.5. The Hall–Kier alpha value is -1.03. The minimum atomic E-state index is -0.0369. The predicted octanol–water partition coefficient (Wildman–Crippen LogP) is 2.89. The lowest BCUT2D eigenvalue weighted by atomic mass is 10.1. The van der Waals surface area contributed by atoms with Crippen LogP contribution in [0.5, 0.6) is 0 Å². The van der Waals surface area contributed by atoms with Crippen molar-refractivity contribution in [3.63, 3.8) is 0 Å². The molecule has 1 heterocycles. The van der Waals surface area contributed by atoms with Gasteiger partial charge in [-0.3, -0.25) is 4.68 Å². The normalized spacial score (nSPS) is 10.8. The SMILES string of the molecule is Cn1nc(-c2ccc(Cl)c(Cl)c2)cc1CO. The predicted molar refractivity (Wildman–Crippen MR) is 64.6 cm³/mol. The lowest BCUT2D eigenvalue weighted by molar-refractivity contribution is 0.270. The zero-order valence-electron chi connectivity index (χ0n) is 8.61. The Morgan fingerprint density at radius 1 is 1.25 bits per heavy atom. The van der Waals surface area contributed by atoms with Crippen molar-refractivity contribution in [1.82, 2.24) is 9.78 Å². The van der Waals surface area contributed by atoms with Crippen LogP contribution in [0.15, 0.2) is 24.3 Å². The minimum Gasteiger partial charge on any atom is -0.390 e. The molecule has 0 fully saturated rings. The van der Waals surface area contributed by atoms with Crippen LogP contribution in [0, 0.1) is 0 Å². The summed E-state index contributed by atoms with van der Waals surface area (Å²) in [6.07, 6.45) is 0. The van der Waals surface area contributed by atoms with Gasteiger partial charge < -0.3 is 5.11 Å². The Bertz CT molecular complexity index is 523. The van der Waals surface area contributed by atoms with Crippen molar-refractivity contribution in [3.05, 3.63) is 40.0 Å². The molecule has 0 aliphatic carbocycles. The highest BCUT2D eigenvalue weighted by Crippen LogP contribution is 2.28. The van der Waals surface area contributed by atoms with Crippen LogP contribution in [0.1, 0.15) is 5.69 Å². The molecule has 0 amide bonds. The van der Waals surface area contributed by atoms with Gasteiger partial charge in [0.2, 0.25) is 0 Å².